The molecule has 1 aliphatic heterocycles. The van der Waals surface area contributed by atoms with Crippen molar-refractivity contribution in [2.45, 2.75) is 12.8 Å². The first-order valence-electron chi connectivity index (χ1n) is 9.98. The molecule has 0 aromatic heterocycles. The Labute approximate surface area is 198 Å². The second kappa shape index (κ2) is 9.61. The molecule has 0 spiro atoms. The van der Waals surface area contributed by atoms with E-state index in [0.29, 0.717) is 28.7 Å². The molecule has 3 aromatic rings. The molecule has 0 saturated carbocycles. The number of alkyl halides is 3. The first-order valence-corrected chi connectivity index (χ1v) is 10.4. The molecule has 0 saturated heterocycles. The molecular formula is C25H17ClF3NO4. The fourth-order valence-electron chi connectivity index (χ4n) is 3.13. The number of ether oxygens (including phenoxy) is 3. The van der Waals surface area contributed by atoms with E-state index in [-0.39, 0.29) is 17.2 Å². The Balaban J connectivity index is 1.51. The van der Waals surface area contributed by atoms with Gasteiger partial charge in [0.1, 0.15) is 6.61 Å². The highest BCUT2D eigenvalue weighted by molar-refractivity contribution is 6.30. The van der Waals surface area contributed by atoms with E-state index >= 15 is 0 Å². The highest BCUT2D eigenvalue weighted by atomic mass is 35.5. The van der Waals surface area contributed by atoms with Crippen molar-refractivity contribution in [1.29, 1.82) is 0 Å². The molecule has 0 N–H and O–H groups in total. The average Bonchev–Trinajstić information content (AvgIpc) is 3.18. The van der Waals surface area contributed by atoms with Crippen LogP contribution in [-0.4, -0.2) is 19.0 Å². The van der Waals surface area contributed by atoms with Crippen molar-refractivity contribution in [2.75, 3.05) is 7.11 Å². The van der Waals surface area contributed by atoms with Crippen LogP contribution in [0.4, 0.5) is 13.2 Å². The zero-order valence-corrected chi connectivity index (χ0v) is 18.5. The van der Waals surface area contributed by atoms with Gasteiger partial charge in [-0.05, 0) is 65.7 Å². The Bertz CT molecular complexity index is 1270. The number of carbonyl (C=O) groups is 1. The van der Waals surface area contributed by atoms with E-state index in [2.05, 4.69) is 4.99 Å². The molecule has 3 aromatic carbocycles. The lowest BCUT2D eigenvalue weighted by Gasteiger charge is -2.11. The van der Waals surface area contributed by atoms with E-state index in [0.717, 1.165) is 17.7 Å². The van der Waals surface area contributed by atoms with Gasteiger partial charge in [-0.1, -0.05) is 29.8 Å². The zero-order valence-electron chi connectivity index (χ0n) is 17.7. The predicted octanol–water partition coefficient (Wildman–Crippen LogP) is 6.29. The minimum absolute atomic E-state index is 0.00628. The van der Waals surface area contributed by atoms with E-state index in [4.69, 9.17) is 25.8 Å². The van der Waals surface area contributed by atoms with Crippen molar-refractivity contribution in [2.24, 2.45) is 4.99 Å². The number of aliphatic imine (C=N–C) groups is 1. The average molecular weight is 488 g/mol. The monoisotopic (exact) mass is 487 g/mol. The maximum Gasteiger partial charge on any atom is 0.416 e. The van der Waals surface area contributed by atoms with Crippen molar-refractivity contribution in [3.63, 3.8) is 0 Å². The van der Waals surface area contributed by atoms with Crippen LogP contribution in [0.25, 0.3) is 6.08 Å². The Hall–Kier alpha value is -3.78. The number of nitrogens with zero attached hydrogens (tertiary/aromatic N) is 1. The highest BCUT2D eigenvalue weighted by Gasteiger charge is 2.31. The van der Waals surface area contributed by atoms with Gasteiger partial charge < -0.3 is 14.2 Å². The number of halogens is 4. The molecule has 1 heterocycles. The van der Waals surface area contributed by atoms with Gasteiger partial charge in [0.2, 0.25) is 5.90 Å². The van der Waals surface area contributed by atoms with Gasteiger partial charge in [0, 0.05) is 10.6 Å². The highest BCUT2D eigenvalue weighted by Crippen LogP contribution is 2.32. The third kappa shape index (κ3) is 5.40. The third-order valence-electron chi connectivity index (χ3n) is 4.88. The number of methoxy groups -OCH3 is 1. The van der Waals surface area contributed by atoms with Crippen LogP contribution in [0.2, 0.25) is 5.02 Å². The Morgan fingerprint density at radius 1 is 1.00 bits per heavy atom. The topological polar surface area (TPSA) is 57.1 Å². The summed E-state index contributed by atoms with van der Waals surface area (Å²) >= 11 is 5.89. The van der Waals surface area contributed by atoms with Crippen molar-refractivity contribution < 1.29 is 32.2 Å². The quantitative estimate of drug-likeness (QED) is 0.303. The van der Waals surface area contributed by atoms with Gasteiger partial charge in [-0.15, -0.1) is 0 Å². The van der Waals surface area contributed by atoms with Gasteiger partial charge in [0.15, 0.2) is 17.2 Å². The molecule has 174 valence electrons. The van der Waals surface area contributed by atoms with Crippen molar-refractivity contribution in [3.05, 3.63) is 99.7 Å². The maximum absolute atomic E-state index is 12.8. The van der Waals surface area contributed by atoms with Gasteiger partial charge in [-0.3, -0.25) is 0 Å². The fourth-order valence-corrected chi connectivity index (χ4v) is 3.25. The molecule has 0 unspecified atom stereocenters. The minimum Gasteiger partial charge on any atom is -0.493 e. The summed E-state index contributed by atoms with van der Waals surface area (Å²) in [6, 6.07) is 16.5. The van der Waals surface area contributed by atoms with Crippen LogP contribution < -0.4 is 9.47 Å². The number of benzene rings is 3. The van der Waals surface area contributed by atoms with Gasteiger partial charge in [0.25, 0.3) is 0 Å². The molecule has 1 aliphatic rings. The molecule has 4 rings (SSSR count). The summed E-state index contributed by atoms with van der Waals surface area (Å²) in [6.07, 6.45) is -2.97. The molecule has 0 radical (unpaired) electrons. The molecule has 0 aliphatic carbocycles. The Kier molecular flexibility index (Phi) is 6.61. The van der Waals surface area contributed by atoms with Crippen LogP contribution in [0, 0.1) is 0 Å². The van der Waals surface area contributed by atoms with E-state index in [1.807, 2.05) is 12.1 Å². The second-order valence-electron chi connectivity index (χ2n) is 7.24. The van der Waals surface area contributed by atoms with Crippen LogP contribution >= 0.6 is 11.6 Å². The fraction of sp³-hybridized carbons (Fsp3) is 0.120. The number of esters is 1. The van der Waals surface area contributed by atoms with Crippen LogP contribution in [0.3, 0.4) is 0 Å². The number of hydrogen-bond donors (Lipinski definition) is 0. The van der Waals surface area contributed by atoms with Crippen LogP contribution in [0.5, 0.6) is 11.5 Å². The molecule has 34 heavy (non-hydrogen) atoms. The molecule has 0 atom stereocenters. The second-order valence-corrected chi connectivity index (χ2v) is 7.67. The molecular weight excluding hydrogens is 471 g/mol. The summed E-state index contributed by atoms with van der Waals surface area (Å²) < 4.78 is 54.6. The zero-order chi connectivity index (χ0) is 24.3. The molecule has 0 bridgehead atoms. The smallest absolute Gasteiger partial charge is 0.416 e. The van der Waals surface area contributed by atoms with Crippen molar-refractivity contribution in [3.8, 4) is 11.5 Å². The van der Waals surface area contributed by atoms with Gasteiger partial charge >= 0.3 is 12.1 Å². The first kappa shape index (κ1) is 23.4. The SMILES string of the molecule is COc1cc(C=C2N=C(c3ccc(C(F)(F)F)cc3)OC2=O)ccc1OCc1ccc(Cl)cc1. The summed E-state index contributed by atoms with van der Waals surface area (Å²) in [5.41, 5.74) is 0.985. The Morgan fingerprint density at radius 2 is 1.71 bits per heavy atom. The largest absolute Gasteiger partial charge is 0.493 e. The van der Waals surface area contributed by atoms with Crippen molar-refractivity contribution >= 4 is 29.5 Å². The van der Waals surface area contributed by atoms with Crippen LogP contribution in [-0.2, 0) is 22.3 Å². The molecule has 0 amide bonds. The summed E-state index contributed by atoms with van der Waals surface area (Å²) in [7, 11) is 1.49. The van der Waals surface area contributed by atoms with Crippen LogP contribution in [0.15, 0.2) is 77.4 Å². The van der Waals surface area contributed by atoms with Gasteiger partial charge in [0.05, 0.1) is 12.7 Å². The molecule has 9 heteroatoms. The maximum atomic E-state index is 12.8. The molecule has 5 nitrogen and oxygen atoms in total. The van der Waals surface area contributed by atoms with Gasteiger partial charge in [-0.2, -0.15) is 13.2 Å². The van der Waals surface area contributed by atoms with E-state index in [1.165, 1.54) is 25.3 Å². The standard InChI is InChI=1S/C25H17ClF3NO4/c1-32-22-13-16(4-11-21(22)33-14-15-2-9-19(26)10-3-15)12-20-24(31)34-23(30-20)17-5-7-18(8-6-17)25(27,28)29/h2-13H,14H2,1H3. The lowest BCUT2D eigenvalue weighted by Crippen LogP contribution is -2.08. The van der Waals surface area contributed by atoms with E-state index < -0.39 is 17.7 Å². The normalized spacial score (nSPS) is 14.7. The number of hydrogen-bond acceptors (Lipinski definition) is 5. The summed E-state index contributed by atoms with van der Waals surface area (Å²) in [6.45, 7) is 0.307. The lowest BCUT2D eigenvalue weighted by molar-refractivity contribution is -0.137. The van der Waals surface area contributed by atoms with Gasteiger partial charge in [-0.25, -0.2) is 9.79 Å². The van der Waals surface area contributed by atoms with Crippen LogP contribution in [0.1, 0.15) is 22.3 Å². The number of cyclic esters (lactones) is 1. The first-order chi connectivity index (χ1) is 16.2. The van der Waals surface area contributed by atoms with E-state index in [1.54, 1.807) is 30.3 Å². The third-order valence-corrected chi connectivity index (χ3v) is 5.13. The predicted molar refractivity (Wildman–Crippen MR) is 121 cm³/mol. The minimum atomic E-state index is -4.46. The lowest BCUT2D eigenvalue weighted by atomic mass is 10.1. The summed E-state index contributed by atoms with van der Waals surface area (Å²) in [5.74, 6) is 0.168. The number of rotatable bonds is 6. The Morgan fingerprint density at radius 3 is 2.35 bits per heavy atom. The molecule has 0 fully saturated rings. The number of carbonyl (C=O) groups excluding carboxylic acids is 1. The summed E-state index contributed by atoms with van der Waals surface area (Å²) in [5, 5.41) is 0.633. The summed E-state index contributed by atoms with van der Waals surface area (Å²) in [4.78, 5) is 16.4. The van der Waals surface area contributed by atoms with E-state index in [9.17, 15) is 18.0 Å². The van der Waals surface area contributed by atoms with Crippen molar-refractivity contribution in [1.82, 2.24) is 0 Å².